The molecule has 0 aromatic heterocycles. The summed E-state index contributed by atoms with van der Waals surface area (Å²) >= 11 is 0. The first-order valence-electron chi connectivity index (χ1n) is 10.0. The molecule has 0 N–H and O–H groups in total. The smallest absolute Gasteiger partial charge is 0.281 e. The molecule has 0 spiro atoms. The van der Waals surface area contributed by atoms with E-state index in [1.807, 2.05) is 91.8 Å². The number of aryl methyl sites for hydroxylation is 1. The van der Waals surface area contributed by atoms with Crippen molar-refractivity contribution >= 4 is 23.1 Å². The summed E-state index contributed by atoms with van der Waals surface area (Å²) in [5.74, 6) is -0.101. The molecule has 1 amide bonds. The third kappa shape index (κ3) is 3.89. The fourth-order valence-corrected chi connectivity index (χ4v) is 3.66. The first-order chi connectivity index (χ1) is 13.3. The summed E-state index contributed by atoms with van der Waals surface area (Å²) in [6.45, 7) is 16.0. The van der Waals surface area contributed by atoms with Crippen LogP contribution in [0.3, 0.4) is 0 Å². The van der Waals surface area contributed by atoms with Gasteiger partial charge in [-0.3, -0.25) is 9.59 Å². The number of carbonyl (C=O) groups is 2. The molecule has 0 saturated heterocycles. The lowest BCUT2D eigenvalue weighted by Crippen LogP contribution is -2.29. The molecule has 0 unspecified atom stereocenters. The topological polar surface area (TPSA) is 49.7 Å². The van der Waals surface area contributed by atoms with Crippen molar-refractivity contribution < 1.29 is 9.59 Å². The number of benzene rings is 1. The van der Waals surface area contributed by atoms with E-state index in [4.69, 9.17) is 0 Å². The van der Waals surface area contributed by atoms with Gasteiger partial charge in [0.2, 0.25) is 0 Å². The van der Waals surface area contributed by atoms with Gasteiger partial charge >= 0.3 is 0 Å². The molecular formula is C25H30N2O2. The van der Waals surface area contributed by atoms with Gasteiger partial charge in [-0.2, -0.15) is 10.1 Å². The lowest BCUT2D eigenvalue weighted by Gasteiger charge is -2.31. The van der Waals surface area contributed by atoms with Crippen LogP contribution < -0.4 is 5.01 Å². The fourth-order valence-electron chi connectivity index (χ4n) is 3.66. The second-order valence-corrected chi connectivity index (χ2v) is 9.92. The van der Waals surface area contributed by atoms with E-state index in [1.165, 1.54) is 5.01 Å². The zero-order valence-corrected chi connectivity index (χ0v) is 18.7. The third-order valence-corrected chi connectivity index (χ3v) is 5.26. The molecule has 0 saturated carbocycles. The summed E-state index contributed by atoms with van der Waals surface area (Å²) in [5, 5.41) is 5.98. The molecule has 1 aromatic rings. The van der Waals surface area contributed by atoms with Crippen molar-refractivity contribution in [3.8, 4) is 0 Å². The molecule has 0 radical (unpaired) electrons. The predicted molar refractivity (Wildman–Crippen MR) is 119 cm³/mol. The van der Waals surface area contributed by atoms with Crippen molar-refractivity contribution in [1.82, 2.24) is 0 Å². The number of nitrogens with zero attached hydrogens (tertiary/aromatic N) is 2. The Morgan fingerprint density at radius 1 is 0.862 bits per heavy atom. The molecule has 0 atom stereocenters. The number of hydrazone groups is 1. The van der Waals surface area contributed by atoms with E-state index in [-0.39, 0.29) is 22.5 Å². The Balaban J connectivity index is 2.19. The van der Waals surface area contributed by atoms with Crippen LogP contribution in [0.4, 0.5) is 5.69 Å². The maximum absolute atomic E-state index is 13.3. The van der Waals surface area contributed by atoms with Crippen LogP contribution in [0.1, 0.15) is 54.0 Å². The normalized spacial score (nSPS) is 18.2. The van der Waals surface area contributed by atoms with Crippen molar-refractivity contribution in [1.29, 1.82) is 0 Å². The van der Waals surface area contributed by atoms with Gasteiger partial charge < -0.3 is 0 Å². The number of carbonyl (C=O) groups excluding carboxylic acids is 2. The van der Waals surface area contributed by atoms with E-state index < -0.39 is 0 Å². The van der Waals surface area contributed by atoms with E-state index in [1.54, 1.807) is 0 Å². The first kappa shape index (κ1) is 21.0. The maximum Gasteiger partial charge on any atom is 0.281 e. The summed E-state index contributed by atoms with van der Waals surface area (Å²) < 4.78 is 0. The highest BCUT2D eigenvalue weighted by Crippen LogP contribution is 2.40. The monoisotopic (exact) mass is 390 g/mol. The van der Waals surface area contributed by atoms with Gasteiger partial charge in [-0.05, 0) is 60.1 Å². The van der Waals surface area contributed by atoms with E-state index in [0.29, 0.717) is 11.3 Å². The molecule has 1 aromatic carbocycles. The lowest BCUT2D eigenvalue weighted by atomic mass is 9.71. The van der Waals surface area contributed by atoms with Crippen LogP contribution in [0.15, 0.2) is 63.8 Å². The van der Waals surface area contributed by atoms with Crippen LogP contribution in [0.5, 0.6) is 0 Å². The van der Waals surface area contributed by atoms with E-state index >= 15 is 0 Å². The standard InChI is InChI=1S/C25H30N2O2/c1-15-10-9-11-18(12-15)27-23(29)21(16(2)26-27)17-13-19(24(3,4)5)22(28)20(14-17)25(6,7)8/h9-14H,1-8H3. The highest BCUT2D eigenvalue weighted by Gasteiger charge is 2.37. The van der Waals surface area contributed by atoms with Gasteiger partial charge in [0.1, 0.15) is 0 Å². The minimum Gasteiger partial charge on any atom is -0.289 e. The van der Waals surface area contributed by atoms with Gasteiger partial charge in [0.25, 0.3) is 5.91 Å². The average Bonchev–Trinajstić information content (AvgIpc) is 2.88. The highest BCUT2D eigenvalue weighted by atomic mass is 16.2. The Bertz CT molecular complexity index is 986. The summed E-state index contributed by atoms with van der Waals surface area (Å²) in [7, 11) is 0. The Morgan fingerprint density at radius 3 is 1.90 bits per heavy atom. The molecule has 2 aliphatic rings. The molecular weight excluding hydrogens is 360 g/mol. The maximum atomic E-state index is 13.3. The van der Waals surface area contributed by atoms with E-state index in [0.717, 1.165) is 28.0 Å². The van der Waals surface area contributed by atoms with Crippen LogP contribution in [0, 0.1) is 17.8 Å². The van der Waals surface area contributed by atoms with Crippen molar-refractivity contribution in [2.24, 2.45) is 15.9 Å². The number of hydrogen-bond donors (Lipinski definition) is 0. The van der Waals surface area contributed by atoms with Crippen LogP contribution in [0.25, 0.3) is 0 Å². The number of amides is 1. The van der Waals surface area contributed by atoms with Gasteiger partial charge in [-0.25, -0.2) is 0 Å². The Hall–Kier alpha value is -2.75. The Kier molecular flexibility index (Phi) is 5.02. The fraction of sp³-hybridized carbons (Fsp3) is 0.400. The van der Waals surface area contributed by atoms with Crippen molar-refractivity contribution in [3.05, 3.63) is 64.3 Å². The van der Waals surface area contributed by atoms with Crippen LogP contribution in [0.2, 0.25) is 0 Å². The number of rotatable bonds is 1. The molecule has 1 heterocycles. The zero-order valence-electron chi connectivity index (χ0n) is 18.7. The molecule has 1 aliphatic heterocycles. The van der Waals surface area contributed by atoms with Crippen molar-refractivity contribution in [2.75, 3.05) is 5.01 Å². The molecule has 1 aliphatic carbocycles. The van der Waals surface area contributed by atoms with Gasteiger partial charge in [-0.1, -0.05) is 53.7 Å². The van der Waals surface area contributed by atoms with Gasteiger partial charge in [-0.15, -0.1) is 0 Å². The lowest BCUT2D eigenvalue weighted by molar-refractivity contribution is -0.115. The van der Waals surface area contributed by atoms with Crippen LogP contribution >= 0.6 is 0 Å². The predicted octanol–water partition coefficient (Wildman–Crippen LogP) is 5.54. The molecule has 3 rings (SSSR count). The summed E-state index contributed by atoms with van der Waals surface area (Å²) in [4.78, 5) is 26.5. The highest BCUT2D eigenvalue weighted by molar-refractivity contribution is 6.31. The molecule has 4 heteroatoms. The Labute approximate surface area is 173 Å². The van der Waals surface area contributed by atoms with Gasteiger partial charge in [0.15, 0.2) is 5.78 Å². The molecule has 0 bridgehead atoms. The third-order valence-electron chi connectivity index (χ3n) is 5.26. The van der Waals surface area contributed by atoms with Gasteiger partial charge in [0, 0.05) is 11.1 Å². The molecule has 4 nitrogen and oxygen atoms in total. The van der Waals surface area contributed by atoms with Crippen LogP contribution in [-0.2, 0) is 9.59 Å². The summed E-state index contributed by atoms with van der Waals surface area (Å²) in [5.41, 5.74) is 4.60. The van der Waals surface area contributed by atoms with Crippen LogP contribution in [-0.4, -0.2) is 17.4 Å². The first-order valence-corrected chi connectivity index (χ1v) is 10.0. The van der Waals surface area contributed by atoms with Crippen molar-refractivity contribution in [3.63, 3.8) is 0 Å². The second-order valence-electron chi connectivity index (χ2n) is 9.92. The summed E-state index contributed by atoms with van der Waals surface area (Å²) in [6, 6.07) is 7.73. The molecule has 0 fully saturated rings. The zero-order chi connectivity index (χ0) is 21.7. The number of hydrogen-bond acceptors (Lipinski definition) is 3. The summed E-state index contributed by atoms with van der Waals surface area (Å²) in [6.07, 6.45) is 3.76. The number of Topliss-reactive ketones (excluding diaryl/α,β-unsaturated/α-hetero) is 1. The van der Waals surface area contributed by atoms with E-state index in [2.05, 4.69) is 5.10 Å². The molecule has 29 heavy (non-hydrogen) atoms. The second kappa shape index (κ2) is 6.94. The van der Waals surface area contributed by atoms with E-state index in [9.17, 15) is 9.59 Å². The Morgan fingerprint density at radius 2 is 1.41 bits per heavy atom. The van der Waals surface area contributed by atoms with Crippen molar-refractivity contribution in [2.45, 2.75) is 55.4 Å². The minimum absolute atomic E-state index is 0.0601. The quantitative estimate of drug-likeness (QED) is 0.591. The number of allylic oxidation sites excluding steroid dienone is 5. The van der Waals surface area contributed by atoms with Gasteiger partial charge in [0.05, 0.1) is 17.0 Å². The number of ketones is 1. The average molecular weight is 391 g/mol. The molecule has 152 valence electrons. The SMILES string of the molecule is CC1=NN(c2cccc(C)c2)C(=O)C1=C1C=C(C(C)(C)C)C(=O)C(C(C)(C)C)=C1. The minimum atomic E-state index is -0.323. The number of anilines is 1. The largest absolute Gasteiger partial charge is 0.289 e.